The Bertz CT molecular complexity index is 1090. The number of amidine groups is 1. The minimum absolute atomic E-state index is 0.0956. The number of carbonyl (C=O) groups excluding carboxylic acids is 2. The smallest absolute Gasteiger partial charge is 0.265 e. The molecule has 29 heavy (non-hydrogen) atoms. The van der Waals surface area contributed by atoms with E-state index in [1.807, 2.05) is 25.1 Å². The third kappa shape index (κ3) is 3.58. The van der Waals surface area contributed by atoms with Gasteiger partial charge in [0.05, 0.1) is 11.3 Å². The average molecular weight is 409 g/mol. The highest BCUT2D eigenvalue weighted by Gasteiger charge is 2.35. The third-order valence-electron chi connectivity index (χ3n) is 4.38. The van der Waals surface area contributed by atoms with Gasteiger partial charge in [-0.3, -0.25) is 14.6 Å². The van der Waals surface area contributed by atoms with Crippen molar-refractivity contribution in [3.63, 3.8) is 0 Å². The second kappa shape index (κ2) is 7.63. The topological polar surface area (TPSA) is 104 Å². The fourth-order valence-corrected chi connectivity index (χ4v) is 3.86. The summed E-state index contributed by atoms with van der Waals surface area (Å²) in [5.74, 6) is 0.615. The lowest BCUT2D eigenvalue weighted by molar-refractivity contribution is -0.118. The van der Waals surface area contributed by atoms with Gasteiger partial charge in [-0.05, 0) is 24.8 Å². The number of benzene rings is 1. The number of anilines is 1. The van der Waals surface area contributed by atoms with Crippen molar-refractivity contribution in [3.8, 4) is 0 Å². The first-order valence-corrected chi connectivity index (χ1v) is 10.1. The molecule has 1 aromatic carbocycles. The number of aromatic nitrogens is 2. The molecule has 1 atom stereocenters. The molecule has 2 aliphatic rings. The summed E-state index contributed by atoms with van der Waals surface area (Å²) in [5, 5.41) is 12.8. The quantitative estimate of drug-likeness (QED) is 0.780. The monoisotopic (exact) mass is 409 g/mol. The van der Waals surface area contributed by atoms with Gasteiger partial charge in [0.25, 0.3) is 17.8 Å². The Morgan fingerprint density at radius 1 is 1.28 bits per heavy atom. The molecule has 0 radical (unpaired) electrons. The second-order valence-electron chi connectivity index (χ2n) is 6.45. The molecule has 0 saturated carbocycles. The van der Waals surface area contributed by atoms with Crippen LogP contribution < -0.4 is 5.32 Å². The first kappa shape index (κ1) is 19.1. The molecule has 148 valence electrons. The fraction of sp³-hybridized carbons (Fsp3) is 0.263. The van der Waals surface area contributed by atoms with Crippen LogP contribution in [0.15, 0.2) is 50.3 Å². The van der Waals surface area contributed by atoms with Gasteiger partial charge >= 0.3 is 0 Å². The highest BCUT2D eigenvalue weighted by Crippen LogP contribution is 2.24. The second-order valence-corrected chi connectivity index (χ2v) is 7.76. The van der Waals surface area contributed by atoms with Crippen molar-refractivity contribution in [2.75, 3.05) is 18.1 Å². The van der Waals surface area contributed by atoms with E-state index in [9.17, 15) is 9.59 Å². The molecule has 1 N–H and O–H groups in total. The Kier molecular flexibility index (Phi) is 5.01. The van der Waals surface area contributed by atoms with Crippen LogP contribution in [0.2, 0.25) is 0 Å². The van der Waals surface area contributed by atoms with Crippen LogP contribution in [0.25, 0.3) is 0 Å². The van der Waals surface area contributed by atoms with Gasteiger partial charge in [-0.1, -0.05) is 19.1 Å². The van der Waals surface area contributed by atoms with E-state index >= 15 is 0 Å². The summed E-state index contributed by atoms with van der Waals surface area (Å²) in [6, 6.07) is 9.12. The van der Waals surface area contributed by atoms with Gasteiger partial charge in [0, 0.05) is 24.2 Å². The van der Waals surface area contributed by atoms with Crippen molar-refractivity contribution < 1.29 is 9.59 Å². The zero-order chi connectivity index (χ0) is 20.5. The standard InChI is InChI=1S/C19H19N7O2S/c1-4-29-14-8-6-5-7-12(14)17(27)21-15-9-11(2)24-26(15)19-22-16-13(18(28)23-19)10-20-25(16)3/h5-10,13H,4H2,1-3H3,(H,21,27). The molecule has 9 nitrogen and oxygen atoms in total. The highest BCUT2D eigenvalue weighted by atomic mass is 32.2. The predicted octanol–water partition coefficient (Wildman–Crippen LogP) is 2.25. The van der Waals surface area contributed by atoms with Crippen LogP contribution >= 0.6 is 11.8 Å². The molecule has 0 bridgehead atoms. The number of rotatable bonds is 4. The van der Waals surface area contributed by atoms with Gasteiger partial charge in [0.2, 0.25) is 0 Å². The third-order valence-corrected chi connectivity index (χ3v) is 5.34. The molecule has 10 heteroatoms. The molecule has 1 unspecified atom stereocenters. The van der Waals surface area contributed by atoms with Crippen LogP contribution in [0.5, 0.6) is 0 Å². The van der Waals surface area contributed by atoms with E-state index in [4.69, 9.17) is 0 Å². The van der Waals surface area contributed by atoms with Crippen LogP contribution in [0, 0.1) is 12.8 Å². The molecular formula is C19H19N7O2S. The van der Waals surface area contributed by atoms with Crippen molar-refractivity contribution in [2.24, 2.45) is 21.0 Å². The molecular weight excluding hydrogens is 390 g/mol. The van der Waals surface area contributed by atoms with Crippen molar-refractivity contribution >= 4 is 47.4 Å². The van der Waals surface area contributed by atoms with Crippen molar-refractivity contribution in [1.29, 1.82) is 0 Å². The lowest BCUT2D eigenvalue weighted by Crippen LogP contribution is -2.35. The minimum Gasteiger partial charge on any atom is -0.306 e. The zero-order valence-corrected chi connectivity index (χ0v) is 17.0. The molecule has 0 fully saturated rings. The van der Waals surface area contributed by atoms with E-state index in [-0.39, 0.29) is 17.8 Å². The van der Waals surface area contributed by atoms with Crippen LogP contribution in [-0.4, -0.2) is 57.4 Å². The summed E-state index contributed by atoms with van der Waals surface area (Å²) < 4.78 is 1.37. The number of nitrogens with zero attached hydrogens (tertiary/aromatic N) is 6. The number of nitrogens with one attached hydrogen (secondary N) is 1. The van der Waals surface area contributed by atoms with E-state index in [0.717, 1.165) is 10.6 Å². The Hall–Kier alpha value is -3.27. The molecule has 3 heterocycles. The minimum atomic E-state index is -0.573. The van der Waals surface area contributed by atoms with Crippen LogP contribution in [0.4, 0.5) is 5.82 Å². The Morgan fingerprint density at radius 3 is 2.86 bits per heavy atom. The van der Waals surface area contributed by atoms with Gasteiger partial charge < -0.3 is 5.32 Å². The SMILES string of the molecule is CCSc1ccccc1C(=O)Nc1cc(C)nn1C1=NC(=O)C2C=NN(C)C2=N1. The first-order chi connectivity index (χ1) is 14.0. The number of fused-ring (bicyclic) bond motifs is 1. The average Bonchev–Trinajstić information content (AvgIpc) is 3.25. The predicted molar refractivity (Wildman–Crippen MR) is 113 cm³/mol. The molecule has 2 aliphatic heterocycles. The van der Waals surface area contributed by atoms with Gasteiger partial charge in [-0.15, -0.1) is 11.8 Å². The van der Waals surface area contributed by atoms with Crippen molar-refractivity contribution in [2.45, 2.75) is 18.7 Å². The van der Waals surface area contributed by atoms with E-state index < -0.39 is 5.92 Å². The molecule has 2 amide bonds. The number of carbonyl (C=O) groups is 2. The maximum atomic E-state index is 12.9. The van der Waals surface area contributed by atoms with Gasteiger partial charge in [-0.25, -0.2) is 0 Å². The van der Waals surface area contributed by atoms with E-state index in [1.165, 1.54) is 15.9 Å². The Morgan fingerprint density at radius 2 is 2.07 bits per heavy atom. The van der Waals surface area contributed by atoms with Gasteiger partial charge in [0.1, 0.15) is 17.6 Å². The van der Waals surface area contributed by atoms with Crippen molar-refractivity contribution in [3.05, 3.63) is 41.6 Å². The maximum absolute atomic E-state index is 12.9. The largest absolute Gasteiger partial charge is 0.306 e. The lowest BCUT2D eigenvalue weighted by atomic mass is 10.1. The summed E-state index contributed by atoms with van der Waals surface area (Å²) in [6.07, 6.45) is 1.51. The summed E-state index contributed by atoms with van der Waals surface area (Å²) >= 11 is 1.60. The van der Waals surface area contributed by atoms with Crippen molar-refractivity contribution in [1.82, 2.24) is 14.8 Å². The Labute approximate surface area is 171 Å². The lowest BCUT2D eigenvalue weighted by Gasteiger charge is -2.17. The number of aliphatic imine (C=N–C) groups is 2. The van der Waals surface area contributed by atoms with E-state index in [2.05, 4.69) is 25.5 Å². The Balaban J connectivity index is 1.66. The summed E-state index contributed by atoms with van der Waals surface area (Å²) in [7, 11) is 1.71. The molecule has 2 aromatic rings. The summed E-state index contributed by atoms with van der Waals surface area (Å²) in [6.45, 7) is 3.82. The first-order valence-electron chi connectivity index (χ1n) is 9.07. The van der Waals surface area contributed by atoms with Crippen LogP contribution in [-0.2, 0) is 4.79 Å². The summed E-state index contributed by atoms with van der Waals surface area (Å²) in [5.41, 5.74) is 1.23. The maximum Gasteiger partial charge on any atom is 0.265 e. The molecule has 4 rings (SSSR count). The number of hydrogen-bond donors (Lipinski definition) is 1. The van der Waals surface area contributed by atoms with E-state index in [0.29, 0.717) is 22.9 Å². The molecule has 0 spiro atoms. The number of hydrogen-bond acceptors (Lipinski definition) is 7. The number of thioether (sulfide) groups is 1. The van der Waals surface area contributed by atoms with Gasteiger partial charge in [-0.2, -0.15) is 24.9 Å². The van der Waals surface area contributed by atoms with Crippen LogP contribution in [0.1, 0.15) is 23.0 Å². The molecule has 0 aliphatic carbocycles. The molecule has 0 saturated heterocycles. The van der Waals surface area contributed by atoms with Crippen LogP contribution in [0.3, 0.4) is 0 Å². The molecule has 1 aromatic heterocycles. The van der Waals surface area contributed by atoms with Gasteiger partial charge in [0.15, 0.2) is 0 Å². The zero-order valence-electron chi connectivity index (χ0n) is 16.2. The van der Waals surface area contributed by atoms with E-state index in [1.54, 1.807) is 37.9 Å². The summed E-state index contributed by atoms with van der Waals surface area (Å²) in [4.78, 5) is 34.7. The fourth-order valence-electron chi connectivity index (χ4n) is 3.06. The normalized spacial score (nSPS) is 17.8. The number of amides is 2. The number of hydrazone groups is 1. The number of aryl methyl sites for hydroxylation is 1. The highest BCUT2D eigenvalue weighted by molar-refractivity contribution is 7.99.